The smallest absolute Gasteiger partial charge is 0.224 e. The molecule has 1 atom stereocenters. The summed E-state index contributed by atoms with van der Waals surface area (Å²) in [5.41, 5.74) is 1.76. The van der Waals surface area contributed by atoms with Crippen LogP contribution in [0.3, 0.4) is 0 Å². The number of carbonyl (C=O) groups excluding carboxylic acids is 1. The first-order chi connectivity index (χ1) is 10.0. The highest BCUT2D eigenvalue weighted by Gasteiger charge is 2.21. The Morgan fingerprint density at radius 3 is 2.52 bits per heavy atom. The molecule has 3 nitrogen and oxygen atoms in total. The van der Waals surface area contributed by atoms with Gasteiger partial charge in [-0.25, -0.2) is 8.78 Å². The minimum Gasteiger partial charge on any atom is -0.384 e. The lowest BCUT2D eigenvalue weighted by Crippen LogP contribution is -2.20. The maximum absolute atomic E-state index is 14.1. The molecule has 0 aliphatic carbocycles. The third-order valence-corrected chi connectivity index (χ3v) is 3.60. The van der Waals surface area contributed by atoms with E-state index in [2.05, 4.69) is 5.32 Å². The van der Waals surface area contributed by atoms with Crippen molar-refractivity contribution in [3.8, 4) is 0 Å². The number of anilines is 1. The van der Waals surface area contributed by atoms with Crippen LogP contribution in [0.5, 0.6) is 0 Å². The minimum absolute atomic E-state index is 0.122. The lowest BCUT2D eigenvalue weighted by Gasteiger charge is -2.20. The van der Waals surface area contributed by atoms with Crippen LogP contribution in [0, 0.1) is 11.6 Å². The predicted octanol–water partition coefficient (Wildman–Crippen LogP) is 2.93. The molecule has 0 saturated carbocycles. The van der Waals surface area contributed by atoms with E-state index in [4.69, 9.17) is 0 Å². The zero-order chi connectivity index (χ0) is 15.0. The van der Waals surface area contributed by atoms with Crippen molar-refractivity contribution in [1.29, 1.82) is 0 Å². The van der Waals surface area contributed by atoms with E-state index in [1.54, 1.807) is 6.07 Å². The standard InChI is InChI=1S/C16H13F2NO2/c17-11-4-1-9(2-5-11)16(21)12-7-10-3-6-15(20)19-14(10)8-13(12)18/h1-2,4-5,7-8,16,21H,3,6H2,(H,19,20). The van der Waals surface area contributed by atoms with Crippen molar-refractivity contribution in [2.75, 3.05) is 5.32 Å². The number of nitrogens with one attached hydrogen (secondary N) is 1. The highest BCUT2D eigenvalue weighted by atomic mass is 19.1. The summed E-state index contributed by atoms with van der Waals surface area (Å²) in [5, 5.41) is 12.9. The van der Waals surface area contributed by atoms with Crippen molar-refractivity contribution in [3.05, 3.63) is 64.7 Å². The highest BCUT2D eigenvalue weighted by Crippen LogP contribution is 2.31. The number of fused-ring (bicyclic) bond motifs is 1. The molecule has 0 spiro atoms. The number of amides is 1. The van der Waals surface area contributed by atoms with Crippen LogP contribution in [0.15, 0.2) is 36.4 Å². The second kappa shape index (κ2) is 5.26. The first-order valence-electron chi connectivity index (χ1n) is 6.60. The molecule has 0 saturated heterocycles. The molecule has 3 rings (SSSR count). The van der Waals surface area contributed by atoms with Crippen LogP contribution >= 0.6 is 0 Å². The number of aliphatic hydroxyl groups excluding tert-OH is 1. The van der Waals surface area contributed by atoms with Gasteiger partial charge in [-0.05, 0) is 41.8 Å². The number of aliphatic hydroxyl groups is 1. The molecule has 2 aromatic carbocycles. The SMILES string of the molecule is O=C1CCc2cc(C(O)c3ccc(F)cc3)c(F)cc2N1. The van der Waals surface area contributed by atoms with Gasteiger partial charge >= 0.3 is 0 Å². The molecule has 5 heteroatoms. The van der Waals surface area contributed by atoms with Crippen molar-refractivity contribution in [3.63, 3.8) is 0 Å². The van der Waals surface area contributed by atoms with Crippen LogP contribution in [0.1, 0.15) is 29.2 Å². The molecular weight excluding hydrogens is 276 g/mol. The predicted molar refractivity (Wildman–Crippen MR) is 73.8 cm³/mol. The minimum atomic E-state index is -1.17. The summed E-state index contributed by atoms with van der Waals surface area (Å²) < 4.78 is 27.0. The number of rotatable bonds is 2. The molecule has 1 aliphatic rings. The van der Waals surface area contributed by atoms with Crippen molar-refractivity contribution >= 4 is 11.6 Å². The van der Waals surface area contributed by atoms with Crippen molar-refractivity contribution in [2.24, 2.45) is 0 Å². The number of benzene rings is 2. The summed E-state index contributed by atoms with van der Waals surface area (Å²) >= 11 is 0. The molecule has 2 aromatic rings. The van der Waals surface area contributed by atoms with E-state index < -0.39 is 17.7 Å². The largest absolute Gasteiger partial charge is 0.384 e. The number of hydrogen-bond donors (Lipinski definition) is 2. The number of halogens is 2. The average Bonchev–Trinajstić information content (AvgIpc) is 2.46. The molecule has 1 unspecified atom stereocenters. The Kier molecular flexibility index (Phi) is 3.43. The van der Waals surface area contributed by atoms with E-state index in [-0.39, 0.29) is 11.5 Å². The fourth-order valence-electron chi connectivity index (χ4n) is 2.46. The molecule has 21 heavy (non-hydrogen) atoms. The van der Waals surface area contributed by atoms with Gasteiger partial charge in [0.05, 0.1) is 0 Å². The number of carbonyl (C=O) groups is 1. The van der Waals surface area contributed by atoms with Crippen molar-refractivity contribution in [2.45, 2.75) is 18.9 Å². The van der Waals surface area contributed by atoms with Gasteiger partial charge in [-0.15, -0.1) is 0 Å². The quantitative estimate of drug-likeness (QED) is 0.893. The summed E-state index contributed by atoms with van der Waals surface area (Å²) in [6.07, 6.45) is -0.330. The third kappa shape index (κ3) is 2.64. The van der Waals surface area contributed by atoms with Gasteiger partial charge in [0, 0.05) is 17.7 Å². The van der Waals surface area contributed by atoms with Crippen LogP contribution in [0.25, 0.3) is 0 Å². The number of hydrogen-bond acceptors (Lipinski definition) is 2. The monoisotopic (exact) mass is 289 g/mol. The topological polar surface area (TPSA) is 49.3 Å². The molecule has 108 valence electrons. The Labute approximate surface area is 120 Å². The summed E-state index contributed by atoms with van der Waals surface area (Å²) in [6, 6.07) is 8.04. The van der Waals surface area contributed by atoms with Gasteiger partial charge in [0.1, 0.15) is 17.7 Å². The molecular formula is C16H13F2NO2. The van der Waals surface area contributed by atoms with Gasteiger partial charge in [0.15, 0.2) is 0 Å². The first-order valence-corrected chi connectivity index (χ1v) is 6.60. The molecule has 0 radical (unpaired) electrons. The van der Waals surface area contributed by atoms with Crippen LogP contribution < -0.4 is 5.32 Å². The van der Waals surface area contributed by atoms with E-state index in [0.717, 1.165) is 5.56 Å². The molecule has 0 fully saturated rings. The van der Waals surface area contributed by atoms with Gasteiger partial charge in [0.25, 0.3) is 0 Å². The van der Waals surface area contributed by atoms with E-state index in [1.165, 1.54) is 30.3 Å². The van der Waals surface area contributed by atoms with Crippen molar-refractivity contribution in [1.82, 2.24) is 0 Å². The second-order valence-electron chi connectivity index (χ2n) is 5.03. The summed E-state index contributed by atoms with van der Waals surface area (Å²) in [5.74, 6) is -1.17. The van der Waals surface area contributed by atoms with Crippen LogP contribution in [0.2, 0.25) is 0 Å². The van der Waals surface area contributed by atoms with E-state index in [1.807, 2.05) is 0 Å². The van der Waals surface area contributed by atoms with Crippen LogP contribution in [-0.2, 0) is 11.2 Å². The van der Waals surface area contributed by atoms with E-state index in [0.29, 0.717) is 24.1 Å². The number of aryl methyl sites for hydroxylation is 1. The van der Waals surface area contributed by atoms with E-state index in [9.17, 15) is 18.7 Å². The maximum Gasteiger partial charge on any atom is 0.224 e. The summed E-state index contributed by atoms with van der Waals surface area (Å²) in [4.78, 5) is 11.3. The molecule has 1 amide bonds. The Balaban J connectivity index is 1.98. The molecule has 2 N–H and O–H groups in total. The van der Waals surface area contributed by atoms with Gasteiger partial charge in [-0.1, -0.05) is 12.1 Å². The Morgan fingerprint density at radius 2 is 1.81 bits per heavy atom. The van der Waals surface area contributed by atoms with E-state index >= 15 is 0 Å². The lowest BCUT2D eigenvalue weighted by atomic mass is 9.95. The van der Waals surface area contributed by atoms with Gasteiger partial charge in [0.2, 0.25) is 5.91 Å². The van der Waals surface area contributed by atoms with Gasteiger partial charge < -0.3 is 10.4 Å². The Bertz CT molecular complexity index is 698. The van der Waals surface area contributed by atoms with Crippen LogP contribution in [-0.4, -0.2) is 11.0 Å². The molecule has 0 bridgehead atoms. The lowest BCUT2D eigenvalue weighted by molar-refractivity contribution is -0.116. The average molecular weight is 289 g/mol. The zero-order valence-electron chi connectivity index (χ0n) is 11.1. The first kappa shape index (κ1) is 13.7. The van der Waals surface area contributed by atoms with Gasteiger partial charge in [-0.3, -0.25) is 4.79 Å². The fourth-order valence-corrected chi connectivity index (χ4v) is 2.46. The highest BCUT2D eigenvalue weighted by molar-refractivity contribution is 5.93. The zero-order valence-corrected chi connectivity index (χ0v) is 11.1. The Hall–Kier alpha value is -2.27. The van der Waals surface area contributed by atoms with Gasteiger partial charge in [-0.2, -0.15) is 0 Å². The summed E-state index contributed by atoms with van der Waals surface area (Å²) in [6.45, 7) is 0. The molecule has 1 heterocycles. The van der Waals surface area contributed by atoms with Crippen LogP contribution in [0.4, 0.5) is 14.5 Å². The third-order valence-electron chi connectivity index (χ3n) is 3.60. The normalized spacial score (nSPS) is 15.3. The molecule has 1 aliphatic heterocycles. The second-order valence-corrected chi connectivity index (χ2v) is 5.03. The molecule has 0 aromatic heterocycles. The van der Waals surface area contributed by atoms with Crippen molar-refractivity contribution < 1.29 is 18.7 Å². The fraction of sp³-hybridized carbons (Fsp3) is 0.188. The Morgan fingerprint density at radius 1 is 1.10 bits per heavy atom. The maximum atomic E-state index is 14.1. The summed E-state index contributed by atoms with van der Waals surface area (Å²) in [7, 11) is 0.